The maximum absolute atomic E-state index is 5.88. The summed E-state index contributed by atoms with van der Waals surface area (Å²) in [6.45, 7) is 3.58. The first-order valence-electron chi connectivity index (χ1n) is 7.16. The molecule has 5 heteroatoms. The lowest BCUT2D eigenvalue weighted by molar-refractivity contribution is 0.0244. The highest BCUT2D eigenvalue weighted by atomic mass is 32.2. The highest BCUT2D eigenvalue weighted by Gasteiger charge is 2.10. The predicted molar refractivity (Wildman–Crippen MR) is 86.8 cm³/mol. The van der Waals surface area contributed by atoms with Gasteiger partial charge in [-0.05, 0) is 23.8 Å². The van der Waals surface area contributed by atoms with Gasteiger partial charge in [0.15, 0.2) is 0 Å². The third kappa shape index (κ3) is 3.67. The molecule has 1 aliphatic heterocycles. The lowest BCUT2D eigenvalue weighted by Gasteiger charge is -2.25. The molecule has 0 N–H and O–H groups in total. The molecule has 0 aliphatic carbocycles. The van der Waals surface area contributed by atoms with Crippen LogP contribution in [0.4, 0.5) is 0 Å². The van der Waals surface area contributed by atoms with Gasteiger partial charge in [0.1, 0.15) is 5.75 Å². The van der Waals surface area contributed by atoms with Gasteiger partial charge in [-0.15, -0.1) is 0 Å². The van der Waals surface area contributed by atoms with Gasteiger partial charge in [0.2, 0.25) is 0 Å². The SMILES string of the molecule is COc1ccc2c(COCN3CCSCC3)ccnc2c1. The van der Waals surface area contributed by atoms with Crippen molar-refractivity contribution >= 4 is 22.7 Å². The van der Waals surface area contributed by atoms with Crippen LogP contribution in [0.15, 0.2) is 30.5 Å². The molecular formula is C16H20N2O2S. The van der Waals surface area contributed by atoms with Crippen LogP contribution in [0.1, 0.15) is 5.56 Å². The van der Waals surface area contributed by atoms with Gasteiger partial charge in [0.25, 0.3) is 0 Å². The van der Waals surface area contributed by atoms with Crippen molar-refractivity contribution in [3.8, 4) is 5.75 Å². The van der Waals surface area contributed by atoms with Crippen LogP contribution < -0.4 is 4.74 Å². The second-order valence-corrected chi connectivity index (χ2v) is 6.29. The summed E-state index contributed by atoms with van der Waals surface area (Å²) < 4.78 is 11.1. The van der Waals surface area contributed by atoms with E-state index in [9.17, 15) is 0 Å². The fraction of sp³-hybridized carbons (Fsp3) is 0.438. The van der Waals surface area contributed by atoms with Crippen LogP contribution in [-0.4, -0.2) is 48.3 Å². The Bertz CT molecular complexity index is 600. The number of thioether (sulfide) groups is 1. The van der Waals surface area contributed by atoms with E-state index < -0.39 is 0 Å². The molecule has 0 spiro atoms. The summed E-state index contributed by atoms with van der Waals surface area (Å²) >= 11 is 2.02. The Kier molecular flexibility index (Phi) is 4.95. The van der Waals surface area contributed by atoms with Crippen LogP contribution >= 0.6 is 11.8 Å². The first-order valence-corrected chi connectivity index (χ1v) is 8.32. The number of hydrogen-bond donors (Lipinski definition) is 0. The van der Waals surface area contributed by atoms with Crippen molar-refractivity contribution in [1.29, 1.82) is 0 Å². The van der Waals surface area contributed by atoms with Crippen molar-refractivity contribution in [2.75, 3.05) is 38.4 Å². The minimum absolute atomic E-state index is 0.620. The summed E-state index contributed by atoms with van der Waals surface area (Å²) in [7, 11) is 1.67. The zero-order valence-corrected chi connectivity index (χ0v) is 13.1. The maximum Gasteiger partial charge on any atom is 0.121 e. The number of hydrogen-bond acceptors (Lipinski definition) is 5. The van der Waals surface area contributed by atoms with Crippen LogP contribution in [0.3, 0.4) is 0 Å². The van der Waals surface area contributed by atoms with Gasteiger partial charge in [0.05, 0.1) is 26.0 Å². The number of methoxy groups -OCH3 is 1. The van der Waals surface area contributed by atoms with Crippen LogP contribution in [0.25, 0.3) is 10.9 Å². The van der Waals surface area contributed by atoms with E-state index in [0.717, 1.165) is 29.7 Å². The summed E-state index contributed by atoms with van der Waals surface area (Å²) in [6, 6.07) is 8.01. The highest BCUT2D eigenvalue weighted by molar-refractivity contribution is 7.99. The third-order valence-corrected chi connectivity index (χ3v) is 4.62. The second-order valence-electron chi connectivity index (χ2n) is 5.06. The Labute approximate surface area is 129 Å². The van der Waals surface area contributed by atoms with E-state index in [1.165, 1.54) is 17.1 Å². The third-order valence-electron chi connectivity index (χ3n) is 3.68. The molecule has 1 aromatic heterocycles. The first-order chi connectivity index (χ1) is 10.4. The summed E-state index contributed by atoms with van der Waals surface area (Å²) in [5.41, 5.74) is 2.12. The monoisotopic (exact) mass is 304 g/mol. The molecule has 0 saturated carbocycles. The largest absolute Gasteiger partial charge is 0.497 e. The quantitative estimate of drug-likeness (QED) is 0.848. The molecule has 21 heavy (non-hydrogen) atoms. The van der Waals surface area contributed by atoms with Gasteiger partial charge in [-0.2, -0.15) is 11.8 Å². The Balaban J connectivity index is 1.66. The van der Waals surface area contributed by atoms with Crippen LogP contribution in [0.5, 0.6) is 5.75 Å². The minimum atomic E-state index is 0.620. The summed E-state index contributed by atoms with van der Waals surface area (Å²) in [6.07, 6.45) is 1.83. The van der Waals surface area contributed by atoms with Crippen LogP contribution in [0.2, 0.25) is 0 Å². The predicted octanol–water partition coefficient (Wildman–Crippen LogP) is 2.77. The van der Waals surface area contributed by atoms with Crippen molar-refractivity contribution in [3.05, 3.63) is 36.0 Å². The molecule has 1 saturated heterocycles. The van der Waals surface area contributed by atoms with Gasteiger partial charge in [-0.3, -0.25) is 9.88 Å². The van der Waals surface area contributed by atoms with E-state index in [4.69, 9.17) is 9.47 Å². The molecule has 3 rings (SSSR count). The minimum Gasteiger partial charge on any atom is -0.497 e. The van der Waals surface area contributed by atoms with Crippen molar-refractivity contribution in [1.82, 2.24) is 9.88 Å². The van der Waals surface area contributed by atoms with Crippen molar-refractivity contribution in [2.24, 2.45) is 0 Å². The summed E-state index contributed by atoms with van der Waals surface area (Å²) in [5.74, 6) is 3.25. The molecule has 1 aromatic carbocycles. The Morgan fingerprint density at radius 3 is 2.90 bits per heavy atom. The smallest absolute Gasteiger partial charge is 0.121 e. The molecule has 1 fully saturated rings. The van der Waals surface area contributed by atoms with E-state index in [2.05, 4.69) is 16.0 Å². The number of rotatable bonds is 5. The number of fused-ring (bicyclic) bond motifs is 1. The van der Waals surface area contributed by atoms with E-state index in [1.54, 1.807) is 7.11 Å². The zero-order chi connectivity index (χ0) is 14.5. The lowest BCUT2D eigenvalue weighted by Crippen LogP contribution is -2.34. The molecular weight excluding hydrogens is 284 g/mol. The molecule has 2 aromatic rings. The average Bonchev–Trinajstić information content (AvgIpc) is 2.55. The Morgan fingerprint density at radius 1 is 1.24 bits per heavy atom. The lowest BCUT2D eigenvalue weighted by atomic mass is 10.1. The standard InChI is InChI=1S/C16H20N2O2S/c1-19-14-2-3-15-13(4-5-17-16(15)10-14)11-20-12-18-6-8-21-9-7-18/h2-5,10H,6-9,11-12H2,1H3. The average molecular weight is 304 g/mol. The summed E-state index contributed by atoms with van der Waals surface area (Å²) in [5, 5.41) is 1.13. The fourth-order valence-electron chi connectivity index (χ4n) is 2.45. The number of pyridine rings is 1. The second kappa shape index (κ2) is 7.11. The van der Waals surface area contributed by atoms with Gasteiger partial charge in [0, 0.05) is 42.2 Å². The van der Waals surface area contributed by atoms with E-state index in [-0.39, 0.29) is 0 Å². The molecule has 112 valence electrons. The van der Waals surface area contributed by atoms with Gasteiger partial charge < -0.3 is 9.47 Å². The van der Waals surface area contributed by atoms with Gasteiger partial charge in [-0.1, -0.05) is 0 Å². The number of benzene rings is 1. The molecule has 0 bridgehead atoms. The maximum atomic E-state index is 5.88. The van der Waals surface area contributed by atoms with Crippen molar-refractivity contribution < 1.29 is 9.47 Å². The Morgan fingerprint density at radius 2 is 2.10 bits per heavy atom. The first kappa shape index (κ1) is 14.6. The molecule has 0 amide bonds. The van der Waals surface area contributed by atoms with Gasteiger partial charge in [-0.25, -0.2) is 0 Å². The van der Waals surface area contributed by atoms with E-state index >= 15 is 0 Å². The van der Waals surface area contributed by atoms with E-state index in [0.29, 0.717) is 13.3 Å². The van der Waals surface area contributed by atoms with Crippen LogP contribution in [0, 0.1) is 0 Å². The van der Waals surface area contributed by atoms with Crippen LogP contribution in [-0.2, 0) is 11.3 Å². The highest BCUT2D eigenvalue weighted by Crippen LogP contribution is 2.22. The topological polar surface area (TPSA) is 34.6 Å². The van der Waals surface area contributed by atoms with Gasteiger partial charge >= 0.3 is 0 Å². The normalized spacial score (nSPS) is 16.2. The molecule has 2 heterocycles. The summed E-state index contributed by atoms with van der Waals surface area (Å²) in [4.78, 5) is 6.76. The Hall–Kier alpha value is -1.30. The molecule has 1 aliphatic rings. The molecule has 0 atom stereocenters. The molecule has 4 nitrogen and oxygen atoms in total. The number of ether oxygens (including phenoxy) is 2. The fourth-order valence-corrected chi connectivity index (χ4v) is 3.43. The number of aromatic nitrogens is 1. The van der Waals surface area contributed by atoms with Crippen molar-refractivity contribution in [2.45, 2.75) is 6.61 Å². The zero-order valence-electron chi connectivity index (χ0n) is 12.2. The molecule has 0 radical (unpaired) electrons. The number of nitrogens with zero attached hydrogens (tertiary/aromatic N) is 2. The van der Waals surface area contributed by atoms with Crippen molar-refractivity contribution in [3.63, 3.8) is 0 Å². The van der Waals surface area contributed by atoms with E-state index in [1.807, 2.05) is 36.2 Å². The molecule has 0 unspecified atom stereocenters.